The van der Waals surface area contributed by atoms with Crippen molar-refractivity contribution in [2.75, 3.05) is 12.8 Å². The van der Waals surface area contributed by atoms with Gasteiger partial charge in [-0.3, -0.25) is 0 Å². The Balaban J connectivity index is 2.17. The van der Waals surface area contributed by atoms with E-state index >= 15 is 0 Å². The molecule has 0 saturated heterocycles. The van der Waals surface area contributed by atoms with E-state index in [4.69, 9.17) is 5.73 Å². The van der Waals surface area contributed by atoms with Crippen molar-refractivity contribution < 1.29 is 9.53 Å². The maximum Gasteiger partial charge on any atom is 0.337 e. The molecule has 0 aliphatic rings. The molecule has 0 unspecified atom stereocenters. The maximum atomic E-state index is 11.3. The first-order chi connectivity index (χ1) is 9.10. The van der Waals surface area contributed by atoms with E-state index in [2.05, 4.69) is 4.74 Å². The topological polar surface area (TPSA) is 52.3 Å². The minimum atomic E-state index is -0.319. The molecule has 2 aromatic rings. The second kappa shape index (κ2) is 5.80. The molecule has 0 spiro atoms. The van der Waals surface area contributed by atoms with E-state index < -0.39 is 0 Å². The van der Waals surface area contributed by atoms with Crippen molar-refractivity contribution in [1.29, 1.82) is 0 Å². The first kappa shape index (κ1) is 13.5. The predicted octanol–water partition coefficient (Wildman–Crippen LogP) is 3.52. The minimum absolute atomic E-state index is 0.319. The highest BCUT2D eigenvalue weighted by Gasteiger charge is 2.06. The third-order valence-corrected chi connectivity index (χ3v) is 3.89. The molecule has 0 heterocycles. The van der Waals surface area contributed by atoms with Gasteiger partial charge in [0.1, 0.15) is 0 Å². The van der Waals surface area contributed by atoms with Crippen LogP contribution in [0.3, 0.4) is 0 Å². The molecule has 3 nitrogen and oxygen atoms in total. The first-order valence-corrected chi connectivity index (χ1v) is 6.64. The summed E-state index contributed by atoms with van der Waals surface area (Å²) in [4.78, 5) is 13.6. The molecule has 0 bridgehead atoms. The lowest BCUT2D eigenvalue weighted by Crippen LogP contribution is -2.00. The number of carbonyl (C=O) groups excluding carboxylic acids is 1. The zero-order chi connectivity index (χ0) is 13.8. The Labute approximate surface area is 116 Å². The Bertz CT molecular complexity index is 594. The van der Waals surface area contributed by atoms with E-state index in [0.717, 1.165) is 21.0 Å². The summed E-state index contributed by atoms with van der Waals surface area (Å²) < 4.78 is 4.67. The first-order valence-electron chi connectivity index (χ1n) is 5.82. The second-order valence-electron chi connectivity index (χ2n) is 4.14. The summed E-state index contributed by atoms with van der Waals surface area (Å²) in [5.74, 6) is -0.319. The molecule has 0 saturated carbocycles. The van der Waals surface area contributed by atoms with Crippen LogP contribution in [0.5, 0.6) is 0 Å². The van der Waals surface area contributed by atoms with E-state index in [1.54, 1.807) is 23.9 Å². The minimum Gasteiger partial charge on any atom is -0.465 e. The van der Waals surface area contributed by atoms with Gasteiger partial charge in [0.2, 0.25) is 0 Å². The summed E-state index contributed by atoms with van der Waals surface area (Å²) in [7, 11) is 1.38. The molecule has 0 aliphatic heterocycles. The third kappa shape index (κ3) is 3.29. The highest BCUT2D eigenvalue weighted by Crippen LogP contribution is 2.31. The van der Waals surface area contributed by atoms with Crippen LogP contribution >= 0.6 is 11.8 Å². The summed E-state index contributed by atoms with van der Waals surface area (Å²) >= 11 is 1.64. The standard InChI is InChI=1S/C15H15NO2S/c1-10-9-12(16)5-8-14(10)19-13-6-3-11(4-7-13)15(17)18-2/h3-9H,16H2,1-2H3. The van der Waals surface area contributed by atoms with Crippen molar-refractivity contribution in [3.8, 4) is 0 Å². The van der Waals surface area contributed by atoms with Gasteiger partial charge < -0.3 is 10.5 Å². The molecule has 4 heteroatoms. The molecule has 19 heavy (non-hydrogen) atoms. The summed E-state index contributed by atoms with van der Waals surface area (Å²) in [6, 6.07) is 13.2. The van der Waals surface area contributed by atoms with Gasteiger partial charge in [0.15, 0.2) is 0 Å². The average Bonchev–Trinajstić information content (AvgIpc) is 2.42. The Morgan fingerprint density at radius 1 is 1.16 bits per heavy atom. The van der Waals surface area contributed by atoms with E-state index in [1.165, 1.54) is 7.11 Å². The number of benzene rings is 2. The van der Waals surface area contributed by atoms with Crippen LogP contribution < -0.4 is 5.73 Å². The number of hydrogen-bond acceptors (Lipinski definition) is 4. The van der Waals surface area contributed by atoms with E-state index in [9.17, 15) is 4.79 Å². The molecule has 0 atom stereocenters. The summed E-state index contributed by atoms with van der Waals surface area (Å²) in [5.41, 5.74) is 8.19. The summed E-state index contributed by atoms with van der Waals surface area (Å²) in [5, 5.41) is 0. The number of carbonyl (C=O) groups is 1. The van der Waals surface area contributed by atoms with Crippen LogP contribution in [0.4, 0.5) is 5.69 Å². The Morgan fingerprint density at radius 3 is 2.42 bits per heavy atom. The number of aryl methyl sites for hydroxylation is 1. The number of nitrogen functional groups attached to an aromatic ring is 1. The lowest BCUT2D eigenvalue weighted by Gasteiger charge is -2.07. The van der Waals surface area contributed by atoms with Crippen molar-refractivity contribution >= 4 is 23.4 Å². The van der Waals surface area contributed by atoms with Crippen molar-refractivity contribution in [3.05, 3.63) is 53.6 Å². The van der Waals surface area contributed by atoms with Gasteiger partial charge in [-0.2, -0.15) is 0 Å². The van der Waals surface area contributed by atoms with Gasteiger partial charge in [-0.25, -0.2) is 4.79 Å². The predicted molar refractivity (Wildman–Crippen MR) is 77.5 cm³/mol. The normalized spacial score (nSPS) is 10.2. The number of nitrogens with two attached hydrogens (primary N) is 1. The smallest absolute Gasteiger partial charge is 0.337 e. The lowest BCUT2D eigenvalue weighted by molar-refractivity contribution is 0.0600. The molecule has 2 N–H and O–H groups in total. The zero-order valence-electron chi connectivity index (χ0n) is 10.8. The van der Waals surface area contributed by atoms with Gasteiger partial charge in [0.25, 0.3) is 0 Å². The molecule has 2 rings (SSSR count). The third-order valence-electron chi connectivity index (χ3n) is 2.70. The molecule has 0 amide bonds. The number of rotatable bonds is 3. The average molecular weight is 273 g/mol. The highest BCUT2D eigenvalue weighted by molar-refractivity contribution is 7.99. The fourth-order valence-electron chi connectivity index (χ4n) is 1.69. The van der Waals surface area contributed by atoms with Gasteiger partial charge in [-0.15, -0.1) is 0 Å². The second-order valence-corrected chi connectivity index (χ2v) is 5.26. The fraction of sp³-hybridized carbons (Fsp3) is 0.133. The van der Waals surface area contributed by atoms with Gasteiger partial charge >= 0.3 is 5.97 Å². The maximum absolute atomic E-state index is 11.3. The van der Waals surface area contributed by atoms with Gasteiger partial charge in [-0.1, -0.05) is 11.8 Å². The Kier molecular flexibility index (Phi) is 4.12. The molecule has 0 radical (unpaired) electrons. The van der Waals surface area contributed by atoms with Crippen LogP contribution in [0.2, 0.25) is 0 Å². The largest absolute Gasteiger partial charge is 0.465 e. The Morgan fingerprint density at radius 2 is 1.84 bits per heavy atom. The molecular formula is C15H15NO2S. The van der Waals surface area contributed by atoms with Crippen LogP contribution in [0.1, 0.15) is 15.9 Å². The van der Waals surface area contributed by atoms with Crippen molar-refractivity contribution in [2.45, 2.75) is 16.7 Å². The van der Waals surface area contributed by atoms with Gasteiger partial charge in [0, 0.05) is 15.5 Å². The molecule has 0 fully saturated rings. The number of ether oxygens (including phenoxy) is 1. The van der Waals surface area contributed by atoms with Crippen LogP contribution in [0.15, 0.2) is 52.3 Å². The fourth-order valence-corrected chi connectivity index (χ4v) is 2.57. The van der Waals surface area contributed by atoms with Crippen LogP contribution in [-0.4, -0.2) is 13.1 Å². The zero-order valence-corrected chi connectivity index (χ0v) is 11.7. The van der Waals surface area contributed by atoms with Crippen LogP contribution in [-0.2, 0) is 4.74 Å². The SMILES string of the molecule is COC(=O)c1ccc(Sc2ccc(N)cc2C)cc1. The van der Waals surface area contributed by atoms with Crippen LogP contribution in [0.25, 0.3) is 0 Å². The van der Waals surface area contributed by atoms with Crippen molar-refractivity contribution in [3.63, 3.8) is 0 Å². The van der Waals surface area contributed by atoms with E-state index in [-0.39, 0.29) is 5.97 Å². The molecule has 2 aromatic carbocycles. The monoisotopic (exact) mass is 273 g/mol. The van der Waals surface area contributed by atoms with Gasteiger partial charge in [-0.05, 0) is 55.0 Å². The van der Waals surface area contributed by atoms with Crippen LogP contribution in [0, 0.1) is 6.92 Å². The number of esters is 1. The van der Waals surface area contributed by atoms with Crippen molar-refractivity contribution in [1.82, 2.24) is 0 Å². The lowest BCUT2D eigenvalue weighted by atomic mass is 10.2. The molecule has 0 aromatic heterocycles. The molecular weight excluding hydrogens is 258 g/mol. The molecule has 0 aliphatic carbocycles. The molecule has 98 valence electrons. The van der Waals surface area contributed by atoms with E-state index in [1.807, 2.05) is 37.3 Å². The highest BCUT2D eigenvalue weighted by atomic mass is 32.2. The number of hydrogen-bond donors (Lipinski definition) is 1. The van der Waals surface area contributed by atoms with Crippen molar-refractivity contribution in [2.24, 2.45) is 0 Å². The Hall–Kier alpha value is -1.94. The van der Waals surface area contributed by atoms with Gasteiger partial charge in [0.05, 0.1) is 12.7 Å². The summed E-state index contributed by atoms with van der Waals surface area (Å²) in [6.45, 7) is 2.03. The number of methoxy groups -OCH3 is 1. The quantitative estimate of drug-likeness (QED) is 0.686. The summed E-state index contributed by atoms with van der Waals surface area (Å²) in [6.07, 6.45) is 0. The number of anilines is 1. The van der Waals surface area contributed by atoms with E-state index in [0.29, 0.717) is 5.56 Å².